The molecule has 0 N–H and O–H groups in total. The van der Waals surface area contributed by atoms with Gasteiger partial charge in [0, 0.05) is 43.2 Å². The summed E-state index contributed by atoms with van der Waals surface area (Å²) in [6.45, 7) is 0. The Morgan fingerprint density at radius 1 is 0.431 bits per heavy atom. The van der Waals surface area contributed by atoms with Crippen LogP contribution in [0.15, 0.2) is 194 Å². The molecule has 2 aromatic heterocycles. The van der Waals surface area contributed by atoms with Crippen molar-refractivity contribution in [3.05, 3.63) is 194 Å². The molecule has 0 radical (unpaired) electrons. The van der Waals surface area contributed by atoms with Crippen LogP contribution in [0.2, 0.25) is 0 Å². The predicted octanol–water partition coefficient (Wildman–Crippen LogP) is 14.0. The minimum Gasteiger partial charge on any atom is -0.309 e. The maximum atomic E-state index is 2.48. The second-order valence-electron chi connectivity index (χ2n) is 12.9. The summed E-state index contributed by atoms with van der Waals surface area (Å²) in [4.78, 5) is 2.48. The average Bonchev–Trinajstić information content (AvgIpc) is 3.76. The van der Waals surface area contributed by atoms with Gasteiger partial charge in [0.15, 0.2) is 0 Å². The molecule has 0 unspecified atom stereocenters. The third-order valence-electron chi connectivity index (χ3n) is 9.95. The number of hydrogen-bond donors (Lipinski definition) is 0. The Bertz CT molecular complexity index is 2840. The van der Waals surface area contributed by atoms with Gasteiger partial charge in [-0.3, -0.25) is 0 Å². The maximum absolute atomic E-state index is 2.48. The molecule has 0 spiro atoms. The summed E-state index contributed by atoms with van der Waals surface area (Å²) in [5, 5.41) is 5.01. The van der Waals surface area contributed by atoms with Gasteiger partial charge in [-0.15, -0.1) is 11.3 Å². The molecule has 2 heterocycles. The zero-order valence-electron chi connectivity index (χ0n) is 27.8. The van der Waals surface area contributed by atoms with E-state index in [1.54, 1.807) is 0 Å². The Kier molecular flexibility index (Phi) is 7.04. The number of anilines is 3. The number of fused-ring (bicyclic) bond motifs is 6. The third-order valence-corrected chi connectivity index (χ3v) is 11.2. The largest absolute Gasteiger partial charge is 0.309 e. The van der Waals surface area contributed by atoms with Crippen molar-refractivity contribution >= 4 is 70.4 Å². The van der Waals surface area contributed by atoms with E-state index >= 15 is 0 Å². The minimum absolute atomic E-state index is 1.12. The highest BCUT2D eigenvalue weighted by Crippen LogP contribution is 2.50. The standard InChI is InChI=1S/C48H32N2S/c1-5-17-33(18-6-1)35-31-40(34-19-7-2-8-20-34)47-41(32-35)46-42(27-16-28-43(46)50(47)37-23-11-4-12-24-37)49(36-21-9-3-10-22-36)44-29-15-26-39-38-25-13-14-30-45(38)51-48(39)44/h1-32H. The fourth-order valence-corrected chi connectivity index (χ4v) is 8.94. The Labute approximate surface area is 300 Å². The van der Waals surface area contributed by atoms with E-state index in [9.17, 15) is 0 Å². The highest BCUT2D eigenvalue weighted by atomic mass is 32.1. The van der Waals surface area contributed by atoms with Gasteiger partial charge in [0.1, 0.15) is 0 Å². The molecule has 8 aromatic carbocycles. The third kappa shape index (κ3) is 4.85. The molecule has 240 valence electrons. The van der Waals surface area contributed by atoms with Gasteiger partial charge in [0.25, 0.3) is 0 Å². The van der Waals surface area contributed by atoms with Gasteiger partial charge in [0.2, 0.25) is 0 Å². The predicted molar refractivity (Wildman–Crippen MR) is 219 cm³/mol. The summed E-state index contributed by atoms with van der Waals surface area (Å²) in [5.74, 6) is 0. The molecule has 0 saturated heterocycles. The average molecular weight is 669 g/mol. The van der Waals surface area contributed by atoms with Crippen molar-refractivity contribution in [2.45, 2.75) is 0 Å². The molecule has 0 bridgehead atoms. The summed E-state index contributed by atoms with van der Waals surface area (Å²) in [5.41, 5.74) is 11.7. The van der Waals surface area contributed by atoms with Gasteiger partial charge in [-0.25, -0.2) is 0 Å². The quantitative estimate of drug-likeness (QED) is 0.171. The van der Waals surface area contributed by atoms with Gasteiger partial charge in [-0.2, -0.15) is 0 Å². The lowest BCUT2D eigenvalue weighted by atomic mass is 9.95. The van der Waals surface area contributed by atoms with Crippen LogP contribution in [0.25, 0.3) is 69.9 Å². The van der Waals surface area contributed by atoms with Crippen LogP contribution in [0.3, 0.4) is 0 Å². The molecule has 0 aliphatic rings. The lowest BCUT2D eigenvalue weighted by Gasteiger charge is -2.27. The molecule has 0 saturated carbocycles. The molecule has 10 aromatic rings. The van der Waals surface area contributed by atoms with Gasteiger partial charge >= 0.3 is 0 Å². The first-order valence-corrected chi connectivity index (χ1v) is 18.2. The molecule has 0 atom stereocenters. The normalized spacial score (nSPS) is 11.5. The SMILES string of the molecule is c1ccc(-c2cc(-c3ccccc3)c3c(c2)c2c(N(c4ccccc4)c4cccc5c4sc4ccccc45)cccc2n3-c2ccccc2)cc1. The molecular formula is C48H32N2S. The molecule has 0 aliphatic heterocycles. The van der Waals surface area contributed by atoms with Crippen LogP contribution in [0.1, 0.15) is 0 Å². The second-order valence-corrected chi connectivity index (χ2v) is 14.0. The van der Waals surface area contributed by atoms with Gasteiger partial charge in [-0.1, -0.05) is 133 Å². The first-order valence-electron chi connectivity index (χ1n) is 17.4. The van der Waals surface area contributed by atoms with Crippen molar-refractivity contribution in [3.8, 4) is 27.9 Å². The number of thiophene rings is 1. The molecule has 2 nitrogen and oxygen atoms in total. The van der Waals surface area contributed by atoms with E-state index in [-0.39, 0.29) is 0 Å². The van der Waals surface area contributed by atoms with Crippen molar-refractivity contribution in [2.75, 3.05) is 4.90 Å². The Balaban J connectivity index is 1.38. The van der Waals surface area contributed by atoms with E-state index in [1.165, 1.54) is 69.9 Å². The number of benzene rings is 8. The fraction of sp³-hybridized carbons (Fsp3) is 0. The van der Waals surface area contributed by atoms with E-state index in [0.29, 0.717) is 0 Å². The zero-order valence-corrected chi connectivity index (χ0v) is 28.6. The maximum Gasteiger partial charge on any atom is 0.0640 e. The number of nitrogens with zero attached hydrogens (tertiary/aromatic N) is 2. The van der Waals surface area contributed by atoms with Crippen LogP contribution in [-0.2, 0) is 0 Å². The van der Waals surface area contributed by atoms with Crippen molar-refractivity contribution in [1.82, 2.24) is 4.57 Å². The molecule has 0 aliphatic carbocycles. The number of hydrogen-bond acceptors (Lipinski definition) is 2. The molecule has 10 rings (SSSR count). The van der Waals surface area contributed by atoms with Crippen LogP contribution < -0.4 is 4.90 Å². The number of rotatable bonds is 6. The fourth-order valence-electron chi connectivity index (χ4n) is 7.74. The van der Waals surface area contributed by atoms with Crippen molar-refractivity contribution < 1.29 is 0 Å². The summed E-state index contributed by atoms with van der Waals surface area (Å²) in [7, 11) is 0. The van der Waals surface area contributed by atoms with Gasteiger partial charge < -0.3 is 9.47 Å². The molecule has 0 fully saturated rings. The van der Waals surface area contributed by atoms with Crippen LogP contribution >= 0.6 is 11.3 Å². The van der Waals surface area contributed by atoms with Crippen LogP contribution in [0.4, 0.5) is 17.1 Å². The summed E-state index contributed by atoms with van der Waals surface area (Å²) >= 11 is 1.87. The van der Waals surface area contributed by atoms with Crippen LogP contribution in [-0.4, -0.2) is 4.57 Å². The van der Waals surface area contributed by atoms with Crippen molar-refractivity contribution in [3.63, 3.8) is 0 Å². The van der Waals surface area contributed by atoms with E-state index < -0.39 is 0 Å². The smallest absolute Gasteiger partial charge is 0.0640 e. The van der Waals surface area contributed by atoms with E-state index in [4.69, 9.17) is 0 Å². The van der Waals surface area contributed by atoms with Crippen LogP contribution in [0, 0.1) is 0 Å². The molecule has 51 heavy (non-hydrogen) atoms. The number of para-hydroxylation sites is 2. The Morgan fingerprint density at radius 3 is 1.80 bits per heavy atom. The summed E-state index contributed by atoms with van der Waals surface area (Å²) in [6.07, 6.45) is 0. The Morgan fingerprint density at radius 2 is 1.04 bits per heavy atom. The summed E-state index contributed by atoms with van der Waals surface area (Å²) < 4.78 is 5.04. The van der Waals surface area contributed by atoms with Crippen molar-refractivity contribution in [2.24, 2.45) is 0 Å². The first kappa shape index (κ1) is 29.5. The molecule has 0 amide bonds. The number of aromatic nitrogens is 1. The van der Waals surface area contributed by atoms with E-state index in [1.807, 2.05) is 11.3 Å². The lowest BCUT2D eigenvalue weighted by Crippen LogP contribution is -2.10. The Hall–Kier alpha value is -6.42. The van der Waals surface area contributed by atoms with Crippen LogP contribution in [0.5, 0.6) is 0 Å². The molecular weight excluding hydrogens is 637 g/mol. The monoisotopic (exact) mass is 668 g/mol. The van der Waals surface area contributed by atoms with E-state index in [0.717, 1.165) is 17.1 Å². The molecule has 3 heteroatoms. The van der Waals surface area contributed by atoms with Crippen molar-refractivity contribution in [1.29, 1.82) is 0 Å². The minimum atomic E-state index is 1.12. The lowest BCUT2D eigenvalue weighted by molar-refractivity contribution is 1.18. The van der Waals surface area contributed by atoms with Gasteiger partial charge in [-0.05, 0) is 77.4 Å². The van der Waals surface area contributed by atoms with E-state index in [2.05, 4.69) is 204 Å². The zero-order chi connectivity index (χ0) is 33.7. The second kappa shape index (κ2) is 12.2. The summed E-state index contributed by atoms with van der Waals surface area (Å²) in [6, 6.07) is 70.4. The highest BCUT2D eigenvalue weighted by molar-refractivity contribution is 7.26. The van der Waals surface area contributed by atoms with Gasteiger partial charge in [0.05, 0.1) is 27.1 Å². The first-order chi connectivity index (χ1) is 25.3. The highest BCUT2D eigenvalue weighted by Gasteiger charge is 2.25. The topological polar surface area (TPSA) is 8.17 Å².